The van der Waals surface area contributed by atoms with E-state index in [0.717, 1.165) is 12.1 Å². The van der Waals surface area contributed by atoms with Gasteiger partial charge in [0, 0.05) is 66.8 Å². The van der Waals surface area contributed by atoms with Gasteiger partial charge in [-0.3, -0.25) is 30.7 Å². The molecule has 7 aromatic heterocycles. The van der Waals surface area contributed by atoms with Gasteiger partial charge in [0.2, 0.25) is 23.5 Å². The van der Waals surface area contributed by atoms with Gasteiger partial charge in [-0.1, -0.05) is 11.6 Å². The van der Waals surface area contributed by atoms with Crippen LogP contribution >= 0.6 is 11.6 Å². The van der Waals surface area contributed by atoms with Crippen LogP contribution in [0.3, 0.4) is 0 Å². The number of nitrogens with zero attached hydrogens (tertiary/aromatic N) is 16. The van der Waals surface area contributed by atoms with Gasteiger partial charge in [-0.05, 0) is 157 Å². The molecule has 0 fully saturated rings. The Hall–Kier alpha value is -14.1. The summed E-state index contributed by atoms with van der Waals surface area (Å²) in [4.78, 5) is 97.4. The van der Waals surface area contributed by atoms with Crippen molar-refractivity contribution in [2.75, 3.05) is 41.1 Å². The minimum atomic E-state index is -4.64. The van der Waals surface area contributed by atoms with E-state index in [1.54, 1.807) is 176 Å². The molecule has 38 heteroatoms. The van der Waals surface area contributed by atoms with Crippen molar-refractivity contribution in [3.8, 4) is 81.1 Å². The maximum Gasteiger partial charge on any atom is 0.417 e. The molecule has 106 heavy (non-hydrogen) atoms. The van der Waals surface area contributed by atoms with Gasteiger partial charge in [-0.2, -0.15) is 33.5 Å². The van der Waals surface area contributed by atoms with Crippen LogP contribution in [0.5, 0.6) is 46.5 Å². The minimum Gasteiger partial charge on any atom is -0.444 e. The van der Waals surface area contributed by atoms with Crippen molar-refractivity contribution < 1.29 is 60.8 Å². The molecule has 34 nitrogen and oxygen atoms in total. The van der Waals surface area contributed by atoms with E-state index < -0.39 is 52.1 Å². The molecule has 0 aliphatic carbocycles. The largest absolute Gasteiger partial charge is 0.444 e. The molecule has 0 radical (unpaired) electrons. The molecule has 12 aromatic rings. The quantitative estimate of drug-likeness (QED) is 0.0238. The van der Waals surface area contributed by atoms with Crippen molar-refractivity contribution in [2.45, 2.75) is 58.9 Å². The van der Waals surface area contributed by atoms with Gasteiger partial charge >= 0.3 is 24.4 Å². The zero-order chi connectivity index (χ0) is 75.8. The summed E-state index contributed by atoms with van der Waals surface area (Å²) in [6.07, 6.45) is 5.18. The Balaban J connectivity index is 0.000000166. The highest BCUT2D eigenvalue weighted by molar-refractivity contribution is 6.31. The summed E-state index contributed by atoms with van der Waals surface area (Å²) in [5, 5.41) is 29.1. The van der Waals surface area contributed by atoms with Crippen LogP contribution in [0.1, 0.15) is 57.6 Å². The van der Waals surface area contributed by atoms with Crippen molar-refractivity contribution in [3.63, 3.8) is 0 Å². The lowest BCUT2D eigenvalue weighted by molar-refractivity contribution is -0.137. The third-order valence-corrected chi connectivity index (χ3v) is 12.9. The SMILES string of the molecule is CC(C)(C)OC(=O)Nc1ccc(Oc2cc(-c3ncn[nH]3)ncn2)cc1.CN(C)C=NC(=O)c1cc(Oc2ccc(NC(=O)OC(C)(C)C)cc2)ncn1.Nc1ccc(Oc2cc(-c3ncn[nH]3)ncn2)cc1.O=C(Nc1ccc(Oc2cc(-c3ncn[nH]3)ncn2)cc1)Nc1ccc(Cl)c(C(F)(F)F)c1. The Morgan fingerprint density at radius 1 is 0.453 bits per heavy atom. The molecule has 0 saturated carbocycles. The molecule has 0 bridgehead atoms. The average Bonchev–Trinajstić information content (AvgIpc) is 1.03. The maximum absolute atomic E-state index is 13.0. The number of aromatic nitrogens is 17. The van der Waals surface area contributed by atoms with E-state index in [9.17, 15) is 32.3 Å². The van der Waals surface area contributed by atoms with Crippen LogP contribution in [0.15, 0.2) is 189 Å². The first-order valence-electron chi connectivity index (χ1n) is 31.0. The van der Waals surface area contributed by atoms with Crippen LogP contribution in [0.25, 0.3) is 34.6 Å². The highest BCUT2D eigenvalue weighted by Gasteiger charge is 2.33. The lowest BCUT2D eigenvalue weighted by Crippen LogP contribution is -2.27. The summed E-state index contributed by atoms with van der Waals surface area (Å²) in [7, 11) is 3.51. The fraction of sp³-hybridized carbons (Fsp3) is 0.162. The maximum atomic E-state index is 13.0. The fourth-order valence-electron chi connectivity index (χ4n) is 8.10. The molecule has 0 aliphatic rings. The van der Waals surface area contributed by atoms with Gasteiger partial charge < -0.3 is 49.7 Å². The summed E-state index contributed by atoms with van der Waals surface area (Å²) in [5.74, 6) is 4.39. The molecule has 0 aliphatic heterocycles. The fourth-order valence-corrected chi connectivity index (χ4v) is 8.33. The van der Waals surface area contributed by atoms with E-state index >= 15 is 0 Å². The summed E-state index contributed by atoms with van der Waals surface area (Å²) >= 11 is 5.58. The number of carbonyl (C=O) groups is 4. The molecular formula is C68H64ClF3N24O10. The van der Waals surface area contributed by atoms with Crippen LogP contribution in [0.2, 0.25) is 5.02 Å². The highest BCUT2D eigenvalue weighted by atomic mass is 35.5. The minimum absolute atomic E-state index is 0.0597. The number of hydrogen-bond acceptors (Lipinski definition) is 25. The molecule has 544 valence electrons. The predicted molar refractivity (Wildman–Crippen MR) is 380 cm³/mol. The number of rotatable bonds is 17. The Bertz CT molecular complexity index is 4880. The van der Waals surface area contributed by atoms with E-state index in [2.05, 4.69) is 112 Å². The Morgan fingerprint density at radius 2 is 0.802 bits per heavy atom. The Kier molecular flexibility index (Phi) is 25.4. The second kappa shape index (κ2) is 35.5. The number of nitrogen functional groups attached to an aromatic ring is 1. The average molecular weight is 1470 g/mol. The number of carbonyl (C=O) groups excluding carboxylic acids is 4. The lowest BCUT2D eigenvalue weighted by Gasteiger charge is -2.19. The third kappa shape index (κ3) is 24.9. The van der Waals surface area contributed by atoms with Crippen molar-refractivity contribution in [1.82, 2.24) is 90.3 Å². The number of halogens is 4. The van der Waals surface area contributed by atoms with Gasteiger partial charge in [-0.15, -0.1) is 0 Å². The van der Waals surface area contributed by atoms with Gasteiger partial charge in [0.25, 0.3) is 5.91 Å². The third-order valence-electron chi connectivity index (χ3n) is 12.6. The van der Waals surface area contributed by atoms with Crippen LogP contribution < -0.4 is 45.9 Å². The summed E-state index contributed by atoms with van der Waals surface area (Å²) in [6.45, 7) is 10.8. The van der Waals surface area contributed by atoms with Crippen LogP contribution in [-0.2, 0) is 15.7 Å². The molecule has 7 heterocycles. The number of nitrogens with one attached hydrogen (secondary N) is 7. The molecule has 0 atom stereocenters. The second-order valence-electron chi connectivity index (χ2n) is 23.6. The number of nitrogens with two attached hydrogens (primary N) is 1. The van der Waals surface area contributed by atoms with Gasteiger partial charge in [-0.25, -0.2) is 69.2 Å². The van der Waals surface area contributed by atoms with Crippen molar-refractivity contribution in [1.29, 1.82) is 0 Å². The van der Waals surface area contributed by atoms with E-state index in [-0.39, 0.29) is 23.1 Å². The first-order chi connectivity index (χ1) is 50.6. The molecular weight excluding hydrogens is 1410 g/mol. The van der Waals surface area contributed by atoms with E-state index in [0.29, 0.717) is 92.1 Å². The predicted octanol–water partition coefficient (Wildman–Crippen LogP) is 13.8. The van der Waals surface area contributed by atoms with E-state index in [4.69, 9.17) is 45.8 Å². The van der Waals surface area contributed by atoms with Gasteiger partial charge in [0.15, 0.2) is 17.5 Å². The first-order valence-corrected chi connectivity index (χ1v) is 31.4. The smallest absolute Gasteiger partial charge is 0.417 e. The van der Waals surface area contributed by atoms with Crippen LogP contribution in [0.4, 0.5) is 56.0 Å². The summed E-state index contributed by atoms with van der Waals surface area (Å²) in [6, 6.07) is 35.4. The number of H-pyrrole nitrogens is 3. The highest BCUT2D eigenvalue weighted by Crippen LogP contribution is 2.37. The lowest BCUT2D eigenvalue weighted by atomic mass is 10.2. The number of hydrogen-bond donors (Lipinski definition) is 8. The standard InChI is InChI=1S/C20H13ClF3N7O2.C19H23N5O4.C17H18N6O3.C12H10N6O/c21-15-6-3-12(7-14(15)20(22,23)24)30-19(32)29-11-1-4-13(5-2-11)33-17-8-16(25-9-26-17)18-27-10-28-31-18;1-19(2,3)28-18(26)23-13-6-8-14(9-7-13)27-16-10-15(20-11-21-16)17(25)22-12-24(4)5;1-17(2,3)26-16(24)22-11-4-6-12(7-5-11)25-14-8-13(18-9-19-14)15-20-10-21-23-15;13-8-1-3-9(4-2-8)19-11-5-10(14-6-15-11)12-16-7-17-18-12/h1-10H,(H,27,28,31)(H2,29,30,32);6-12H,1-5H3,(H,23,26);4-10H,1-3H3,(H,22,24)(H,20,21,23);1-7H,13H2,(H,16,17,18). The molecule has 0 saturated heterocycles. The zero-order valence-corrected chi connectivity index (χ0v) is 58.0. The number of aliphatic imine (C=N–C) groups is 1. The number of benzene rings is 5. The first kappa shape index (κ1) is 76.1. The van der Waals surface area contributed by atoms with Crippen molar-refractivity contribution in [3.05, 3.63) is 200 Å². The Labute approximate surface area is 605 Å². The summed E-state index contributed by atoms with van der Waals surface area (Å²) in [5.41, 5.74) is 7.37. The van der Waals surface area contributed by atoms with Crippen molar-refractivity contribution in [2.24, 2.45) is 4.99 Å². The van der Waals surface area contributed by atoms with Gasteiger partial charge in [0.05, 0.1) is 16.9 Å². The normalized spacial score (nSPS) is 11.0. The molecule has 9 N–H and O–H groups in total. The number of alkyl halides is 3. The number of urea groups is 1. The van der Waals surface area contributed by atoms with Gasteiger partial charge in [0.1, 0.15) is 101 Å². The topological polar surface area (TPSA) is 441 Å². The summed E-state index contributed by atoms with van der Waals surface area (Å²) < 4.78 is 71.9. The molecule has 12 rings (SSSR count). The molecule has 0 unspecified atom stereocenters. The van der Waals surface area contributed by atoms with Crippen molar-refractivity contribution >= 4 is 70.5 Å². The number of amides is 5. The van der Waals surface area contributed by atoms with E-state index in [1.807, 2.05) is 0 Å². The van der Waals surface area contributed by atoms with E-state index in [1.165, 1.54) is 62.8 Å². The molecule has 5 amide bonds. The monoisotopic (exact) mass is 1470 g/mol. The number of aromatic amines is 3. The molecule has 0 spiro atoms. The second-order valence-corrected chi connectivity index (χ2v) is 24.0. The number of anilines is 5. The Morgan fingerprint density at radius 3 is 1.16 bits per heavy atom. The van der Waals surface area contributed by atoms with Crippen LogP contribution in [-0.4, -0.2) is 146 Å². The van der Waals surface area contributed by atoms with Crippen LogP contribution in [0, 0.1) is 0 Å². The zero-order valence-electron chi connectivity index (χ0n) is 57.2. The number of ether oxygens (including phenoxy) is 6. The molecule has 5 aromatic carbocycles.